The van der Waals surface area contributed by atoms with E-state index in [0.29, 0.717) is 17.0 Å². The molecule has 1 fully saturated rings. The zero-order valence-electron chi connectivity index (χ0n) is 16.4. The van der Waals surface area contributed by atoms with Crippen molar-refractivity contribution in [2.75, 3.05) is 19.0 Å². The molecule has 1 atom stereocenters. The molecular formula is C20H18ClF2N3O5. The van der Waals surface area contributed by atoms with Crippen molar-refractivity contribution in [3.63, 3.8) is 0 Å². The Morgan fingerprint density at radius 1 is 1.23 bits per heavy atom. The number of carbonyl (C=O) groups is 3. The number of carbonyl (C=O) groups excluding carboxylic acids is 3. The van der Waals surface area contributed by atoms with Crippen molar-refractivity contribution in [3.05, 3.63) is 53.1 Å². The van der Waals surface area contributed by atoms with E-state index in [9.17, 15) is 23.2 Å². The van der Waals surface area contributed by atoms with Crippen molar-refractivity contribution in [3.8, 4) is 11.5 Å². The molecule has 0 spiro atoms. The van der Waals surface area contributed by atoms with Gasteiger partial charge >= 0.3 is 12.6 Å². The van der Waals surface area contributed by atoms with Gasteiger partial charge in [-0.1, -0.05) is 23.7 Å². The van der Waals surface area contributed by atoms with E-state index in [-0.39, 0.29) is 10.8 Å². The second kappa shape index (κ2) is 8.76. The first-order valence-electron chi connectivity index (χ1n) is 8.97. The first-order valence-corrected chi connectivity index (χ1v) is 9.34. The van der Waals surface area contributed by atoms with Crippen LogP contribution in [0.2, 0.25) is 5.02 Å². The van der Waals surface area contributed by atoms with Crippen molar-refractivity contribution >= 4 is 35.1 Å². The smallest absolute Gasteiger partial charge is 0.387 e. The van der Waals surface area contributed by atoms with Crippen molar-refractivity contribution < 1.29 is 32.6 Å². The summed E-state index contributed by atoms with van der Waals surface area (Å²) in [5.74, 6) is -0.944. The van der Waals surface area contributed by atoms with Crippen LogP contribution in [0.5, 0.6) is 11.5 Å². The van der Waals surface area contributed by atoms with E-state index in [2.05, 4.69) is 15.4 Å². The number of hydrogen-bond donors (Lipinski definition) is 2. The molecule has 1 aliphatic heterocycles. The average molecular weight is 454 g/mol. The van der Waals surface area contributed by atoms with Crippen LogP contribution < -0.4 is 20.1 Å². The van der Waals surface area contributed by atoms with Gasteiger partial charge in [0, 0.05) is 5.69 Å². The molecule has 0 saturated carbocycles. The Morgan fingerprint density at radius 2 is 1.90 bits per heavy atom. The lowest BCUT2D eigenvalue weighted by molar-refractivity contribution is -0.133. The molecule has 11 heteroatoms. The number of urea groups is 1. The van der Waals surface area contributed by atoms with E-state index in [4.69, 9.17) is 16.3 Å². The van der Waals surface area contributed by atoms with Gasteiger partial charge in [0.25, 0.3) is 5.91 Å². The molecule has 31 heavy (non-hydrogen) atoms. The highest BCUT2D eigenvalue weighted by Crippen LogP contribution is 2.31. The monoisotopic (exact) mass is 453 g/mol. The molecule has 1 unspecified atom stereocenters. The Bertz CT molecular complexity index is 1020. The summed E-state index contributed by atoms with van der Waals surface area (Å²) >= 11 is 6.02. The first-order chi connectivity index (χ1) is 14.6. The maximum Gasteiger partial charge on any atom is 0.387 e. The molecule has 1 saturated heterocycles. The molecule has 0 aliphatic carbocycles. The second-order valence-electron chi connectivity index (χ2n) is 6.75. The highest BCUT2D eigenvalue weighted by atomic mass is 35.5. The minimum atomic E-state index is -2.98. The molecule has 1 aliphatic rings. The van der Waals surface area contributed by atoms with Crippen LogP contribution in [0.3, 0.4) is 0 Å². The van der Waals surface area contributed by atoms with Crippen molar-refractivity contribution in [1.82, 2.24) is 10.2 Å². The summed E-state index contributed by atoms with van der Waals surface area (Å²) in [4.78, 5) is 38.4. The van der Waals surface area contributed by atoms with Gasteiger partial charge in [-0.25, -0.2) is 4.79 Å². The van der Waals surface area contributed by atoms with E-state index in [1.54, 1.807) is 12.1 Å². The lowest BCUT2D eigenvalue weighted by Gasteiger charge is -2.22. The number of methoxy groups -OCH3 is 1. The van der Waals surface area contributed by atoms with Crippen LogP contribution in [0, 0.1) is 0 Å². The van der Waals surface area contributed by atoms with Gasteiger partial charge in [-0.05, 0) is 42.8 Å². The summed E-state index contributed by atoms with van der Waals surface area (Å²) in [6.07, 6.45) is 0. The number of nitrogens with zero attached hydrogens (tertiary/aromatic N) is 1. The van der Waals surface area contributed by atoms with Gasteiger partial charge in [0.05, 0.1) is 12.1 Å². The molecule has 4 amide bonds. The Hall–Kier alpha value is -3.40. The Labute approximate surface area is 181 Å². The van der Waals surface area contributed by atoms with Gasteiger partial charge in [-0.2, -0.15) is 8.78 Å². The lowest BCUT2D eigenvalue weighted by atomic mass is 9.92. The van der Waals surface area contributed by atoms with Crippen molar-refractivity contribution in [2.24, 2.45) is 0 Å². The van der Waals surface area contributed by atoms with Crippen LogP contribution in [-0.2, 0) is 15.1 Å². The number of rotatable bonds is 7. The van der Waals surface area contributed by atoms with Crippen LogP contribution in [0.1, 0.15) is 12.5 Å². The number of hydrogen-bond acceptors (Lipinski definition) is 5. The number of alkyl halides is 2. The van der Waals surface area contributed by atoms with Gasteiger partial charge < -0.3 is 20.1 Å². The number of nitrogens with one attached hydrogen (secondary N) is 2. The molecule has 0 aromatic heterocycles. The fraction of sp³-hybridized carbons (Fsp3) is 0.250. The van der Waals surface area contributed by atoms with Gasteiger partial charge in [0.1, 0.15) is 23.6 Å². The quantitative estimate of drug-likeness (QED) is 0.627. The summed E-state index contributed by atoms with van der Waals surface area (Å²) < 4.78 is 33.9. The Morgan fingerprint density at radius 3 is 2.48 bits per heavy atom. The summed E-state index contributed by atoms with van der Waals surface area (Å²) in [6, 6.07) is 9.12. The third-order valence-electron chi connectivity index (χ3n) is 4.67. The lowest BCUT2D eigenvalue weighted by Crippen LogP contribution is -2.42. The fourth-order valence-corrected chi connectivity index (χ4v) is 3.35. The van der Waals surface area contributed by atoms with E-state index in [1.807, 2.05) is 0 Å². The summed E-state index contributed by atoms with van der Waals surface area (Å²) in [7, 11) is 1.45. The first kappa shape index (κ1) is 22.3. The highest BCUT2D eigenvalue weighted by molar-refractivity contribution is 6.32. The fourth-order valence-electron chi connectivity index (χ4n) is 3.09. The number of amides is 4. The minimum absolute atomic E-state index is 0.0893. The molecule has 2 aromatic rings. The second-order valence-corrected chi connectivity index (χ2v) is 7.15. The molecule has 1 heterocycles. The zero-order valence-corrected chi connectivity index (χ0v) is 17.2. The number of benzene rings is 2. The van der Waals surface area contributed by atoms with Crippen LogP contribution in [-0.4, -0.2) is 43.0 Å². The molecule has 8 nitrogen and oxygen atoms in total. The topological polar surface area (TPSA) is 97.0 Å². The largest absolute Gasteiger partial charge is 0.495 e. The number of halogens is 3. The predicted molar refractivity (Wildman–Crippen MR) is 107 cm³/mol. The number of anilines is 1. The van der Waals surface area contributed by atoms with E-state index in [1.165, 1.54) is 44.4 Å². The summed E-state index contributed by atoms with van der Waals surface area (Å²) in [5, 5.41) is 5.37. The Balaban J connectivity index is 1.70. The number of ether oxygens (including phenoxy) is 2. The molecule has 164 valence electrons. The van der Waals surface area contributed by atoms with Gasteiger partial charge in [-0.3, -0.25) is 14.5 Å². The Kier molecular flexibility index (Phi) is 6.30. The van der Waals surface area contributed by atoms with E-state index in [0.717, 1.165) is 4.90 Å². The minimum Gasteiger partial charge on any atom is -0.495 e. The molecule has 2 N–H and O–H groups in total. The summed E-state index contributed by atoms with van der Waals surface area (Å²) in [5.41, 5.74) is -0.762. The summed E-state index contributed by atoms with van der Waals surface area (Å²) in [6.45, 7) is -2.06. The van der Waals surface area contributed by atoms with Crippen LogP contribution >= 0.6 is 11.6 Å². The third kappa shape index (κ3) is 4.69. The van der Waals surface area contributed by atoms with Crippen molar-refractivity contribution in [2.45, 2.75) is 19.1 Å². The average Bonchev–Trinajstić information content (AvgIpc) is 2.92. The SMILES string of the molecule is COc1ccc(NC(=O)CN2C(=O)NC(C)(c3ccc(OC(F)F)cc3)C2=O)cc1Cl. The normalized spacial score (nSPS) is 18.2. The zero-order chi connectivity index (χ0) is 22.8. The van der Waals surface area contributed by atoms with Gasteiger partial charge in [0.2, 0.25) is 5.91 Å². The molecule has 0 bridgehead atoms. The maximum atomic E-state index is 12.9. The molecule has 3 rings (SSSR count). The van der Waals surface area contributed by atoms with Crippen molar-refractivity contribution in [1.29, 1.82) is 0 Å². The van der Waals surface area contributed by atoms with Gasteiger partial charge in [-0.15, -0.1) is 0 Å². The van der Waals surface area contributed by atoms with E-state index >= 15 is 0 Å². The van der Waals surface area contributed by atoms with E-state index < -0.39 is 36.5 Å². The standard InChI is InChI=1S/C20H18ClF2N3O5/c1-20(11-3-6-13(7-4-11)31-18(22)23)17(28)26(19(29)25-20)10-16(27)24-12-5-8-15(30-2)14(21)9-12/h3-9,18H,10H2,1-2H3,(H,24,27)(H,25,29). The number of imide groups is 1. The third-order valence-corrected chi connectivity index (χ3v) is 4.96. The van der Waals surface area contributed by atoms with Crippen LogP contribution in [0.4, 0.5) is 19.3 Å². The molecule has 2 aromatic carbocycles. The van der Waals surface area contributed by atoms with Crippen LogP contribution in [0.15, 0.2) is 42.5 Å². The van der Waals surface area contributed by atoms with Gasteiger partial charge in [0.15, 0.2) is 0 Å². The predicted octanol–water partition coefficient (Wildman–Crippen LogP) is 3.36. The van der Waals surface area contributed by atoms with Crippen LogP contribution in [0.25, 0.3) is 0 Å². The highest BCUT2D eigenvalue weighted by Gasteiger charge is 2.49. The maximum absolute atomic E-state index is 12.9. The molecule has 0 radical (unpaired) electrons. The molecular weight excluding hydrogens is 436 g/mol.